The normalized spacial score (nSPS) is 18.0. The Balaban J connectivity index is 2.86. The quantitative estimate of drug-likeness (QED) is 0.382. The zero-order valence-corrected chi connectivity index (χ0v) is 4.53. The van der Waals surface area contributed by atoms with Crippen molar-refractivity contribution >= 4 is 17.7 Å². The fraction of sp³-hybridized carbons (Fsp3) is 0. The molecule has 0 bridgehead atoms. The molecule has 0 aromatic heterocycles. The first kappa shape index (κ1) is 5.61. The molecule has 0 saturated heterocycles. The van der Waals surface area contributed by atoms with Crippen LogP contribution in [0.2, 0.25) is 0 Å². The number of amidine groups is 1. The minimum absolute atomic E-state index is 0.0833. The number of guanidine groups is 1. The van der Waals surface area contributed by atoms with Crippen LogP contribution in [0.4, 0.5) is 0 Å². The average Bonchev–Trinajstić information content (AvgIpc) is 1.59. The van der Waals surface area contributed by atoms with Gasteiger partial charge in [-0.15, -0.1) is 4.99 Å². The van der Waals surface area contributed by atoms with Gasteiger partial charge >= 0.3 is 11.7 Å². The first-order valence-corrected chi connectivity index (χ1v) is 2.25. The number of amides is 1. The smallest absolute Gasteiger partial charge is 0.367 e. The maximum Gasteiger partial charge on any atom is 0.440 e. The molecule has 0 aromatic carbocycles. The third-order valence-corrected chi connectivity index (χ3v) is 0.740. The highest BCUT2D eigenvalue weighted by Crippen LogP contribution is 1.91. The predicted molar refractivity (Wildman–Crippen MR) is 32.6 cm³/mol. The number of carbonyl (C=O) groups is 1. The molecular weight excluding hydrogens is 120 g/mol. The van der Waals surface area contributed by atoms with Crippen LogP contribution in [0.25, 0.3) is 0 Å². The summed E-state index contributed by atoms with van der Waals surface area (Å²) in [6, 6.07) is 0. The number of hydrogen-bond acceptors (Lipinski definition) is 4. The number of nitrogens with zero attached hydrogens (tertiary/aromatic N) is 2. The summed E-state index contributed by atoms with van der Waals surface area (Å²) in [7, 11) is 0. The lowest BCUT2D eigenvalue weighted by molar-refractivity contribution is -0.114. The molecule has 5 nitrogen and oxygen atoms in total. The molecule has 1 amide bonds. The van der Waals surface area contributed by atoms with E-state index in [4.69, 9.17) is 11.5 Å². The van der Waals surface area contributed by atoms with Crippen molar-refractivity contribution in [2.75, 3.05) is 0 Å². The Bertz CT molecular complexity index is 205. The van der Waals surface area contributed by atoms with E-state index in [0.717, 1.165) is 6.42 Å². The van der Waals surface area contributed by atoms with Crippen LogP contribution >= 0.6 is 0 Å². The van der Waals surface area contributed by atoms with Crippen LogP contribution < -0.4 is 11.5 Å². The first-order chi connectivity index (χ1) is 4.18. The highest BCUT2D eigenvalue weighted by atomic mass is 16.1. The van der Waals surface area contributed by atoms with Gasteiger partial charge in [0.05, 0.1) is 0 Å². The summed E-state index contributed by atoms with van der Waals surface area (Å²) in [5.74, 6) is -0.437. The molecule has 0 aliphatic carbocycles. The minimum Gasteiger partial charge on any atom is -0.367 e. The van der Waals surface area contributed by atoms with Gasteiger partial charge in [-0.2, -0.15) is 4.99 Å². The molecule has 0 atom stereocenters. The van der Waals surface area contributed by atoms with Crippen LogP contribution in [0.1, 0.15) is 0 Å². The molecule has 46 valence electrons. The zero-order chi connectivity index (χ0) is 6.85. The third-order valence-electron chi connectivity index (χ3n) is 0.740. The van der Waals surface area contributed by atoms with Crippen LogP contribution in [0.15, 0.2) is 9.98 Å². The van der Waals surface area contributed by atoms with E-state index in [0.29, 0.717) is 0 Å². The maximum atomic E-state index is 10.4. The Labute approximate surface area is 51.5 Å². The van der Waals surface area contributed by atoms with E-state index in [-0.39, 0.29) is 11.8 Å². The largest absolute Gasteiger partial charge is 0.440 e. The second-order valence-electron chi connectivity index (χ2n) is 1.49. The molecule has 0 saturated carbocycles. The minimum atomic E-state index is -0.458. The molecule has 0 radical (unpaired) electrons. The second kappa shape index (κ2) is 1.77. The van der Waals surface area contributed by atoms with Crippen LogP contribution in [-0.4, -0.2) is 17.7 Å². The summed E-state index contributed by atoms with van der Waals surface area (Å²) in [5, 5.41) is 0. The molecule has 1 heterocycles. The number of hydrogen-bond donors (Lipinski definition) is 2. The molecule has 1 rings (SSSR count). The molecular formula is C4H5N4O+. The van der Waals surface area contributed by atoms with E-state index in [1.807, 2.05) is 0 Å². The van der Waals surface area contributed by atoms with Gasteiger partial charge in [0.2, 0.25) is 12.4 Å². The van der Waals surface area contributed by atoms with Gasteiger partial charge in [0.15, 0.2) is 0 Å². The molecule has 9 heavy (non-hydrogen) atoms. The Kier molecular flexibility index (Phi) is 1.11. The van der Waals surface area contributed by atoms with Crippen molar-refractivity contribution < 1.29 is 4.79 Å². The van der Waals surface area contributed by atoms with Gasteiger partial charge in [-0.25, -0.2) is 4.79 Å². The molecule has 0 aromatic rings. The summed E-state index contributed by atoms with van der Waals surface area (Å²) in [4.78, 5) is 17.1. The van der Waals surface area contributed by atoms with Gasteiger partial charge in [-0.05, 0) is 0 Å². The van der Waals surface area contributed by atoms with Gasteiger partial charge < -0.3 is 11.5 Å². The summed E-state index contributed by atoms with van der Waals surface area (Å²) in [5.41, 5.74) is 10.2. The molecule has 0 fully saturated rings. The van der Waals surface area contributed by atoms with Crippen molar-refractivity contribution in [3.63, 3.8) is 0 Å². The van der Waals surface area contributed by atoms with E-state index >= 15 is 0 Å². The summed E-state index contributed by atoms with van der Waals surface area (Å²) < 4.78 is 0. The highest BCUT2D eigenvalue weighted by Gasteiger charge is 2.21. The maximum absolute atomic E-state index is 10.4. The zero-order valence-electron chi connectivity index (χ0n) is 4.53. The van der Waals surface area contributed by atoms with E-state index in [2.05, 4.69) is 9.98 Å². The van der Waals surface area contributed by atoms with Crippen LogP contribution in [0.3, 0.4) is 0 Å². The van der Waals surface area contributed by atoms with Crippen molar-refractivity contribution in [1.82, 2.24) is 0 Å². The Morgan fingerprint density at radius 3 is 2.44 bits per heavy atom. The van der Waals surface area contributed by atoms with Crippen molar-refractivity contribution in [2.24, 2.45) is 21.5 Å². The SMILES string of the molecule is NC1=NC(N)=NC(=O)[CH+]1. The molecule has 4 N–H and O–H groups in total. The standard InChI is InChI=1S/C4H4N4O/c5-2-1-3(9)8-4(6)7-2/h1H,(H3-,5,6,7,8,9)/p+1. The Morgan fingerprint density at radius 1 is 1.33 bits per heavy atom. The lowest BCUT2D eigenvalue weighted by Gasteiger charge is -1.92. The van der Waals surface area contributed by atoms with Gasteiger partial charge in [0, 0.05) is 0 Å². The fourth-order valence-corrected chi connectivity index (χ4v) is 0.461. The van der Waals surface area contributed by atoms with E-state index in [1.54, 1.807) is 0 Å². The van der Waals surface area contributed by atoms with E-state index in [1.165, 1.54) is 0 Å². The van der Waals surface area contributed by atoms with Crippen molar-refractivity contribution in [3.8, 4) is 0 Å². The van der Waals surface area contributed by atoms with Gasteiger partial charge in [-0.1, -0.05) is 0 Å². The van der Waals surface area contributed by atoms with Gasteiger partial charge in [-0.3, -0.25) is 0 Å². The van der Waals surface area contributed by atoms with Crippen LogP contribution in [0, 0.1) is 6.42 Å². The topological polar surface area (TPSA) is 93.8 Å². The molecule has 1 aliphatic rings. The summed E-state index contributed by atoms with van der Waals surface area (Å²) in [6.07, 6.45) is 1.11. The van der Waals surface area contributed by atoms with Crippen molar-refractivity contribution in [1.29, 1.82) is 0 Å². The van der Waals surface area contributed by atoms with Crippen LogP contribution in [0.5, 0.6) is 0 Å². The number of nitrogens with two attached hydrogens (primary N) is 2. The summed E-state index contributed by atoms with van der Waals surface area (Å²) in [6.45, 7) is 0. The van der Waals surface area contributed by atoms with E-state index in [9.17, 15) is 4.79 Å². The van der Waals surface area contributed by atoms with E-state index < -0.39 is 5.91 Å². The molecule has 5 heteroatoms. The monoisotopic (exact) mass is 125 g/mol. The molecule has 0 unspecified atom stereocenters. The second-order valence-corrected chi connectivity index (χ2v) is 1.49. The number of carbonyl (C=O) groups excluding carboxylic acids is 1. The lowest BCUT2D eigenvalue weighted by atomic mass is 10.3. The average molecular weight is 125 g/mol. The molecule has 1 aliphatic heterocycles. The lowest BCUT2D eigenvalue weighted by Crippen LogP contribution is -2.27. The van der Waals surface area contributed by atoms with Gasteiger partial charge in [0.1, 0.15) is 0 Å². The summed E-state index contributed by atoms with van der Waals surface area (Å²) >= 11 is 0. The first-order valence-electron chi connectivity index (χ1n) is 2.25. The molecule has 0 spiro atoms. The highest BCUT2D eigenvalue weighted by molar-refractivity contribution is 6.19. The number of rotatable bonds is 0. The van der Waals surface area contributed by atoms with Gasteiger partial charge in [0.25, 0.3) is 0 Å². The predicted octanol–water partition coefficient (Wildman–Crippen LogP) is -1.60. The fourth-order valence-electron chi connectivity index (χ4n) is 0.461. The number of aliphatic imine (C=N–C) groups is 2. The Hall–Kier alpha value is -1.52. The van der Waals surface area contributed by atoms with Crippen molar-refractivity contribution in [3.05, 3.63) is 6.42 Å². The third kappa shape index (κ3) is 1.18. The van der Waals surface area contributed by atoms with Crippen LogP contribution in [-0.2, 0) is 4.79 Å². The Morgan fingerprint density at radius 2 is 2.00 bits per heavy atom. The van der Waals surface area contributed by atoms with Crippen molar-refractivity contribution in [2.45, 2.75) is 0 Å².